The van der Waals surface area contributed by atoms with E-state index in [0.29, 0.717) is 28.2 Å². The van der Waals surface area contributed by atoms with Crippen molar-refractivity contribution in [3.63, 3.8) is 0 Å². The fourth-order valence-electron chi connectivity index (χ4n) is 7.00. The number of carbonyl (C=O) groups is 2. The van der Waals surface area contributed by atoms with Gasteiger partial charge in [-0.1, -0.05) is 54.6 Å². The lowest BCUT2D eigenvalue weighted by molar-refractivity contribution is -0.355. The van der Waals surface area contributed by atoms with E-state index in [9.17, 15) is 28.0 Å². The lowest BCUT2D eigenvalue weighted by Gasteiger charge is -2.39. The van der Waals surface area contributed by atoms with Gasteiger partial charge in [0.1, 0.15) is 35.4 Å². The van der Waals surface area contributed by atoms with Gasteiger partial charge in [0.05, 0.1) is 39.9 Å². The van der Waals surface area contributed by atoms with Crippen LogP contribution < -0.4 is 14.8 Å². The van der Waals surface area contributed by atoms with Crippen LogP contribution in [0, 0.1) is 11.3 Å². The number of benzene rings is 3. The Balaban J connectivity index is 1.66. The average Bonchev–Trinajstić information content (AvgIpc) is 3.50. The molecule has 5 rings (SSSR count). The number of halogens is 3. The zero-order valence-corrected chi connectivity index (χ0v) is 33.5. The maximum atomic E-state index is 14.4. The van der Waals surface area contributed by atoms with Gasteiger partial charge < -0.3 is 28.0 Å². The number of nitrogens with one attached hydrogen (secondary N) is 1. The van der Waals surface area contributed by atoms with Crippen LogP contribution in [0.1, 0.15) is 57.2 Å². The molecule has 0 aliphatic carbocycles. The van der Waals surface area contributed by atoms with Crippen molar-refractivity contribution in [2.45, 2.75) is 89.1 Å². The summed E-state index contributed by atoms with van der Waals surface area (Å²) in [6, 6.07) is 24.4. The highest BCUT2D eigenvalue weighted by molar-refractivity contribution is 7.44. The van der Waals surface area contributed by atoms with Crippen molar-refractivity contribution in [1.29, 1.82) is 5.26 Å². The Morgan fingerprint density at radius 1 is 0.895 bits per heavy atom. The van der Waals surface area contributed by atoms with Gasteiger partial charge in [0.25, 0.3) is 8.53 Å². The largest absolute Gasteiger partial charge is 0.523 e. The summed E-state index contributed by atoms with van der Waals surface area (Å²) in [6.45, 7) is 6.84. The molecule has 1 N–H and O–H groups in total. The van der Waals surface area contributed by atoms with Crippen LogP contribution in [-0.2, 0) is 33.7 Å². The van der Waals surface area contributed by atoms with Crippen molar-refractivity contribution in [3.8, 4) is 17.6 Å². The minimum atomic E-state index is -5.20. The number of imide groups is 1. The first-order valence-electron chi connectivity index (χ1n) is 18.5. The van der Waals surface area contributed by atoms with Gasteiger partial charge in [-0.3, -0.25) is 19.7 Å². The standard InChI is InChI=1S/C40H48F3N4O9P/c1-26(2)47(27(3)4)57(53-24-10-22-44)56-35-33(54-37(36(35)55-40(41,42)43)46-23-21-34(48)45-38(46)49)25-52-39(28-11-8-7-9-12-28,29-13-17-31(50-5)18-14-29)30-15-19-32(51-6)20-16-30/h7-9,11-20,26-27,33,35-37H,10,21,23-25H2,1-6H3,(H,45,48,49)/t33-,35-,36-,37-,57?/m1/s1. The van der Waals surface area contributed by atoms with E-state index in [1.54, 1.807) is 38.5 Å². The summed E-state index contributed by atoms with van der Waals surface area (Å²) in [5.74, 6) is 0.586. The van der Waals surface area contributed by atoms with E-state index in [0.717, 1.165) is 4.90 Å². The lowest BCUT2D eigenvalue weighted by Crippen LogP contribution is -2.57. The van der Waals surface area contributed by atoms with Crippen LogP contribution in [0.5, 0.6) is 11.5 Å². The molecule has 13 nitrogen and oxygen atoms in total. The van der Waals surface area contributed by atoms with Crippen molar-refractivity contribution in [3.05, 3.63) is 95.6 Å². The quantitative estimate of drug-likeness (QED) is 0.0789. The molecular weight excluding hydrogens is 768 g/mol. The van der Waals surface area contributed by atoms with E-state index in [4.69, 9.17) is 32.7 Å². The molecule has 5 atom stereocenters. The lowest BCUT2D eigenvalue weighted by atomic mass is 9.80. The van der Waals surface area contributed by atoms with Gasteiger partial charge >= 0.3 is 12.4 Å². The highest BCUT2D eigenvalue weighted by Gasteiger charge is 2.56. The van der Waals surface area contributed by atoms with E-state index >= 15 is 0 Å². The minimum absolute atomic E-state index is 0.00364. The van der Waals surface area contributed by atoms with E-state index in [-0.39, 0.29) is 38.1 Å². The third-order valence-corrected chi connectivity index (χ3v) is 11.6. The molecule has 0 bridgehead atoms. The maximum Gasteiger partial charge on any atom is 0.523 e. The molecule has 0 radical (unpaired) electrons. The van der Waals surface area contributed by atoms with E-state index < -0.39 is 63.6 Å². The Hall–Kier alpha value is -4.33. The van der Waals surface area contributed by atoms with Gasteiger partial charge in [-0.25, -0.2) is 9.46 Å². The summed E-state index contributed by atoms with van der Waals surface area (Å²) in [7, 11) is 0.933. The summed E-state index contributed by atoms with van der Waals surface area (Å²) >= 11 is 0. The normalized spacial score (nSPS) is 20.9. The van der Waals surface area contributed by atoms with Crippen LogP contribution >= 0.6 is 8.53 Å². The Kier molecular flexibility index (Phi) is 14.9. The van der Waals surface area contributed by atoms with Crippen molar-refractivity contribution in [2.75, 3.05) is 34.0 Å². The first kappa shape index (κ1) is 43.8. The Morgan fingerprint density at radius 2 is 1.46 bits per heavy atom. The second-order valence-electron chi connectivity index (χ2n) is 13.8. The molecular formula is C40H48F3N4O9P. The number of hydrogen-bond donors (Lipinski definition) is 1. The van der Waals surface area contributed by atoms with Crippen molar-refractivity contribution >= 4 is 20.5 Å². The number of methoxy groups -OCH3 is 2. The molecule has 2 heterocycles. The number of urea groups is 1. The van der Waals surface area contributed by atoms with Crippen LogP contribution in [0.2, 0.25) is 0 Å². The molecule has 308 valence electrons. The minimum Gasteiger partial charge on any atom is -0.497 e. The van der Waals surface area contributed by atoms with E-state index in [1.165, 1.54) is 0 Å². The number of ether oxygens (including phenoxy) is 5. The fraction of sp³-hybridized carbons (Fsp3) is 0.475. The number of hydrogen-bond acceptors (Lipinski definition) is 11. The molecule has 3 aromatic carbocycles. The number of amides is 3. The zero-order chi connectivity index (χ0) is 41.3. The predicted octanol–water partition coefficient (Wildman–Crippen LogP) is 7.25. The maximum absolute atomic E-state index is 14.4. The number of nitrogens with zero attached hydrogens (tertiary/aromatic N) is 3. The molecule has 3 aromatic rings. The molecule has 0 aromatic heterocycles. The summed E-state index contributed by atoms with van der Waals surface area (Å²) in [5.41, 5.74) is 0.571. The molecule has 2 aliphatic heterocycles. The summed E-state index contributed by atoms with van der Waals surface area (Å²) in [4.78, 5) is 26.3. The first-order chi connectivity index (χ1) is 27.2. The van der Waals surface area contributed by atoms with Gasteiger partial charge in [-0.2, -0.15) is 5.26 Å². The summed E-state index contributed by atoms with van der Waals surface area (Å²) in [5, 5.41) is 11.5. The van der Waals surface area contributed by atoms with Gasteiger partial charge in [0.15, 0.2) is 6.23 Å². The third kappa shape index (κ3) is 10.4. The highest BCUT2D eigenvalue weighted by atomic mass is 31.2. The first-order valence-corrected chi connectivity index (χ1v) is 19.6. The second kappa shape index (κ2) is 19.4. The highest BCUT2D eigenvalue weighted by Crippen LogP contribution is 2.51. The molecule has 0 saturated carbocycles. The monoisotopic (exact) mass is 816 g/mol. The predicted molar refractivity (Wildman–Crippen MR) is 203 cm³/mol. The van der Waals surface area contributed by atoms with Crippen LogP contribution in [0.25, 0.3) is 0 Å². The van der Waals surface area contributed by atoms with Crippen molar-refractivity contribution in [2.24, 2.45) is 0 Å². The Labute approximate surface area is 331 Å². The molecule has 0 spiro atoms. The third-order valence-electron chi connectivity index (χ3n) is 9.46. The van der Waals surface area contributed by atoms with Crippen molar-refractivity contribution in [1.82, 2.24) is 14.9 Å². The van der Waals surface area contributed by atoms with Gasteiger partial charge in [0.2, 0.25) is 5.91 Å². The van der Waals surface area contributed by atoms with E-state index in [2.05, 4.69) is 5.32 Å². The second-order valence-corrected chi connectivity index (χ2v) is 15.2. The van der Waals surface area contributed by atoms with Crippen LogP contribution in [0.15, 0.2) is 78.9 Å². The average molecular weight is 817 g/mol. The molecule has 3 amide bonds. The van der Waals surface area contributed by atoms with Crippen LogP contribution in [0.3, 0.4) is 0 Å². The van der Waals surface area contributed by atoms with Crippen LogP contribution in [-0.4, -0.2) is 98.5 Å². The summed E-state index contributed by atoms with van der Waals surface area (Å²) in [6.07, 6.45) is -11.9. The number of rotatable bonds is 18. The van der Waals surface area contributed by atoms with Gasteiger partial charge in [-0.15, -0.1) is 13.2 Å². The summed E-state index contributed by atoms with van der Waals surface area (Å²) < 4.78 is 87.1. The molecule has 2 fully saturated rings. The Bertz CT molecular complexity index is 1760. The van der Waals surface area contributed by atoms with Crippen molar-refractivity contribution < 1.29 is 55.5 Å². The topological polar surface area (TPSA) is 141 Å². The smallest absolute Gasteiger partial charge is 0.497 e. The molecule has 17 heteroatoms. The van der Waals surface area contributed by atoms with Crippen LogP contribution in [0.4, 0.5) is 18.0 Å². The molecule has 1 unspecified atom stereocenters. The number of nitriles is 1. The fourth-order valence-corrected chi connectivity index (χ4v) is 8.77. The SMILES string of the molecule is COc1ccc(C(OC[C@H]2O[C@@H](N3CCC(=O)NC3=O)[C@H](OC(F)(F)F)[C@@H]2OP(OCCC#N)N(C(C)C)C(C)C)(c2ccccc2)c2ccc(OC)cc2)cc1. The van der Waals surface area contributed by atoms with E-state index in [1.807, 2.05) is 93.0 Å². The van der Waals surface area contributed by atoms with Gasteiger partial charge in [-0.05, 0) is 68.7 Å². The van der Waals surface area contributed by atoms with Gasteiger partial charge in [0, 0.05) is 25.0 Å². The Morgan fingerprint density at radius 3 is 1.95 bits per heavy atom. The molecule has 2 saturated heterocycles. The molecule has 2 aliphatic rings. The number of carbonyl (C=O) groups excluding carboxylic acids is 2. The molecule has 57 heavy (non-hydrogen) atoms. The number of alkyl halides is 3. The zero-order valence-electron chi connectivity index (χ0n) is 32.6.